The summed E-state index contributed by atoms with van der Waals surface area (Å²) in [5.41, 5.74) is 1.74. The Morgan fingerprint density at radius 3 is 2.45 bits per heavy atom. The molecule has 0 bridgehead atoms. The first kappa shape index (κ1) is 14.3. The van der Waals surface area contributed by atoms with Gasteiger partial charge in [0.25, 0.3) is 0 Å². The molecule has 1 aromatic carbocycles. The monoisotopic (exact) mass is 272 g/mol. The Kier molecular flexibility index (Phi) is 4.96. The average molecular weight is 272 g/mol. The maximum Gasteiger partial charge on any atom is 0.176 e. The molecule has 0 saturated heterocycles. The van der Waals surface area contributed by atoms with Crippen molar-refractivity contribution in [3.63, 3.8) is 0 Å². The summed E-state index contributed by atoms with van der Waals surface area (Å²) < 4.78 is 12.8. The summed E-state index contributed by atoms with van der Waals surface area (Å²) in [6.45, 7) is 1.12. The van der Waals surface area contributed by atoms with E-state index >= 15 is 0 Å². The van der Waals surface area contributed by atoms with Gasteiger partial charge in [-0.05, 0) is 55.4 Å². The molecule has 0 aliphatic heterocycles. The van der Waals surface area contributed by atoms with Gasteiger partial charge in [0, 0.05) is 24.5 Å². The van der Waals surface area contributed by atoms with Gasteiger partial charge >= 0.3 is 0 Å². The maximum atomic E-state index is 12.8. The van der Waals surface area contributed by atoms with E-state index in [4.69, 9.17) is 0 Å². The smallest absolute Gasteiger partial charge is 0.176 e. The SMILES string of the molecule is CN(CCc1ccncc1)CC(=O)c1ccc(F)cc1. The highest BCUT2D eigenvalue weighted by atomic mass is 19.1. The highest BCUT2D eigenvalue weighted by molar-refractivity contribution is 5.97. The van der Waals surface area contributed by atoms with Gasteiger partial charge in [0.15, 0.2) is 5.78 Å². The molecule has 0 N–H and O–H groups in total. The Balaban J connectivity index is 1.83. The van der Waals surface area contributed by atoms with Gasteiger partial charge in [-0.15, -0.1) is 0 Å². The third-order valence-electron chi connectivity index (χ3n) is 3.11. The van der Waals surface area contributed by atoms with Crippen molar-refractivity contribution in [2.75, 3.05) is 20.1 Å². The fourth-order valence-electron chi connectivity index (χ4n) is 1.92. The number of aromatic nitrogens is 1. The zero-order valence-corrected chi connectivity index (χ0v) is 11.4. The summed E-state index contributed by atoms with van der Waals surface area (Å²) >= 11 is 0. The van der Waals surface area contributed by atoms with Crippen molar-refractivity contribution in [3.8, 4) is 0 Å². The standard InChI is InChI=1S/C16H17FN2O/c1-19(11-8-13-6-9-18-10-7-13)12-16(20)14-2-4-15(17)5-3-14/h2-7,9-10H,8,11-12H2,1H3. The Bertz CT molecular complexity index is 554. The van der Waals surface area contributed by atoms with Crippen LogP contribution in [0.2, 0.25) is 0 Å². The molecule has 104 valence electrons. The predicted octanol–water partition coefficient (Wildman–Crippen LogP) is 2.58. The van der Waals surface area contributed by atoms with Crippen molar-refractivity contribution >= 4 is 5.78 Å². The van der Waals surface area contributed by atoms with Crippen LogP contribution in [0.3, 0.4) is 0 Å². The van der Waals surface area contributed by atoms with Gasteiger partial charge in [-0.25, -0.2) is 4.39 Å². The number of hydrogen-bond acceptors (Lipinski definition) is 3. The van der Waals surface area contributed by atoms with E-state index in [1.807, 2.05) is 24.1 Å². The van der Waals surface area contributed by atoms with Crippen LogP contribution in [0.25, 0.3) is 0 Å². The number of rotatable bonds is 6. The lowest BCUT2D eigenvalue weighted by Crippen LogP contribution is -2.28. The largest absolute Gasteiger partial charge is 0.299 e. The first-order valence-corrected chi connectivity index (χ1v) is 6.51. The molecule has 3 nitrogen and oxygen atoms in total. The molecule has 0 aliphatic rings. The van der Waals surface area contributed by atoms with Crippen molar-refractivity contribution in [3.05, 3.63) is 65.7 Å². The minimum Gasteiger partial charge on any atom is -0.299 e. The van der Waals surface area contributed by atoms with E-state index in [1.165, 1.54) is 29.8 Å². The van der Waals surface area contributed by atoms with Gasteiger partial charge in [-0.3, -0.25) is 14.7 Å². The molecular formula is C16H17FN2O. The number of carbonyl (C=O) groups excluding carboxylic acids is 1. The minimum atomic E-state index is -0.326. The summed E-state index contributed by atoms with van der Waals surface area (Å²) in [7, 11) is 1.91. The van der Waals surface area contributed by atoms with Crippen molar-refractivity contribution in [2.24, 2.45) is 0 Å². The van der Waals surface area contributed by atoms with E-state index < -0.39 is 0 Å². The van der Waals surface area contributed by atoms with E-state index in [-0.39, 0.29) is 11.6 Å². The van der Waals surface area contributed by atoms with Gasteiger partial charge in [0.1, 0.15) is 5.82 Å². The predicted molar refractivity (Wildman–Crippen MR) is 76.2 cm³/mol. The Morgan fingerprint density at radius 1 is 1.15 bits per heavy atom. The number of likely N-dealkylation sites (N-methyl/N-ethyl adjacent to an activating group) is 1. The number of ketones is 1. The third-order valence-corrected chi connectivity index (χ3v) is 3.11. The zero-order chi connectivity index (χ0) is 14.4. The molecule has 2 aromatic rings. The number of nitrogens with zero attached hydrogens (tertiary/aromatic N) is 2. The summed E-state index contributed by atoms with van der Waals surface area (Å²) in [5.74, 6) is -0.324. The third kappa shape index (κ3) is 4.24. The molecular weight excluding hydrogens is 255 g/mol. The zero-order valence-electron chi connectivity index (χ0n) is 11.4. The molecule has 1 aromatic heterocycles. The number of halogens is 1. The van der Waals surface area contributed by atoms with Crippen molar-refractivity contribution < 1.29 is 9.18 Å². The lowest BCUT2D eigenvalue weighted by atomic mass is 10.1. The molecule has 0 aliphatic carbocycles. The number of pyridine rings is 1. The quantitative estimate of drug-likeness (QED) is 0.758. The summed E-state index contributed by atoms with van der Waals surface area (Å²) in [5, 5.41) is 0. The van der Waals surface area contributed by atoms with Crippen LogP contribution < -0.4 is 0 Å². The summed E-state index contributed by atoms with van der Waals surface area (Å²) in [6.07, 6.45) is 4.40. The Labute approximate surface area is 118 Å². The van der Waals surface area contributed by atoms with Gasteiger partial charge in [0.05, 0.1) is 6.54 Å². The molecule has 0 unspecified atom stereocenters. The normalized spacial score (nSPS) is 10.8. The lowest BCUT2D eigenvalue weighted by Gasteiger charge is -2.15. The average Bonchev–Trinajstić information content (AvgIpc) is 2.47. The fraction of sp³-hybridized carbons (Fsp3) is 0.250. The fourth-order valence-corrected chi connectivity index (χ4v) is 1.92. The Morgan fingerprint density at radius 2 is 1.80 bits per heavy atom. The summed E-state index contributed by atoms with van der Waals surface area (Å²) in [6, 6.07) is 9.60. The Hall–Kier alpha value is -2.07. The van der Waals surface area contributed by atoms with Crippen molar-refractivity contribution in [1.82, 2.24) is 9.88 Å². The van der Waals surface area contributed by atoms with Gasteiger partial charge in [-0.2, -0.15) is 0 Å². The van der Waals surface area contributed by atoms with Crippen LogP contribution in [-0.2, 0) is 6.42 Å². The van der Waals surface area contributed by atoms with E-state index in [2.05, 4.69) is 4.98 Å². The molecule has 0 atom stereocenters. The molecule has 2 rings (SSSR count). The van der Waals surface area contributed by atoms with E-state index in [9.17, 15) is 9.18 Å². The maximum absolute atomic E-state index is 12.8. The van der Waals surface area contributed by atoms with E-state index in [1.54, 1.807) is 12.4 Å². The van der Waals surface area contributed by atoms with Crippen LogP contribution in [0.15, 0.2) is 48.8 Å². The molecule has 4 heteroatoms. The van der Waals surface area contributed by atoms with Crippen LogP contribution in [0, 0.1) is 5.82 Å². The number of carbonyl (C=O) groups is 1. The molecule has 0 fully saturated rings. The van der Waals surface area contributed by atoms with Crippen LogP contribution in [0.1, 0.15) is 15.9 Å². The molecule has 0 amide bonds. The van der Waals surface area contributed by atoms with Crippen LogP contribution in [0.4, 0.5) is 4.39 Å². The van der Waals surface area contributed by atoms with E-state index in [0.29, 0.717) is 12.1 Å². The van der Waals surface area contributed by atoms with Crippen molar-refractivity contribution in [1.29, 1.82) is 0 Å². The van der Waals surface area contributed by atoms with Gasteiger partial charge in [0.2, 0.25) is 0 Å². The minimum absolute atomic E-state index is 0.00206. The van der Waals surface area contributed by atoms with Gasteiger partial charge < -0.3 is 0 Å². The first-order valence-electron chi connectivity index (χ1n) is 6.51. The second-order valence-corrected chi connectivity index (χ2v) is 4.77. The topological polar surface area (TPSA) is 33.2 Å². The van der Waals surface area contributed by atoms with Gasteiger partial charge in [-0.1, -0.05) is 0 Å². The molecule has 0 spiro atoms. The number of benzene rings is 1. The number of Topliss-reactive ketones (excluding diaryl/α,β-unsaturated/α-hetero) is 1. The number of hydrogen-bond donors (Lipinski definition) is 0. The molecule has 0 radical (unpaired) electrons. The second kappa shape index (κ2) is 6.91. The van der Waals surface area contributed by atoms with Crippen LogP contribution in [-0.4, -0.2) is 35.8 Å². The lowest BCUT2D eigenvalue weighted by molar-refractivity contribution is 0.0947. The molecule has 1 heterocycles. The van der Waals surface area contributed by atoms with Crippen LogP contribution in [0.5, 0.6) is 0 Å². The first-order chi connectivity index (χ1) is 9.65. The summed E-state index contributed by atoms with van der Waals surface area (Å²) in [4.78, 5) is 17.9. The highest BCUT2D eigenvalue weighted by Crippen LogP contribution is 2.05. The second-order valence-electron chi connectivity index (χ2n) is 4.77. The van der Waals surface area contributed by atoms with Crippen molar-refractivity contribution in [2.45, 2.75) is 6.42 Å². The highest BCUT2D eigenvalue weighted by Gasteiger charge is 2.09. The molecule has 20 heavy (non-hydrogen) atoms. The molecule has 0 saturated carbocycles. The van der Waals surface area contributed by atoms with Crippen LogP contribution >= 0.6 is 0 Å². The van der Waals surface area contributed by atoms with E-state index in [0.717, 1.165) is 13.0 Å².